The molecule has 9 heteroatoms. The highest BCUT2D eigenvalue weighted by atomic mass is 32.1. The number of piperazine rings is 1. The predicted octanol–water partition coefficient (Wildman–Crippen LogP) is 4.85. The van der Waals surface area contributed by atoms with Crippen molar-refractivity contribution in [3.8, 4) is 10.7 Å². The number of likely N-dealkylation sites (N-methyl/N-ethyl adjacent to an activating group) is 1. The van der Waals surface area contributed by atoms with E-state index in [1.807, 2.05) is 24.5 Å². The van der Waals surface area contributed by atoms with Crippen LogP contribution in [0.2, 0.25) is 0 Å². The summed E-state index contributed by atoms with van der Waals surface area (Å²) in [5, 5.41) is 4.36. The fourth-order valence-electron chi connectivity index (χ4n) is 4.97. The topological polar surface area (TPSA) is 79.3 Å². The fourth-order valence-corrected chi connectivity index (χ4v) is 5.95. The number of nitrogens with one attached hydrogen (secondary N) is 1. The zero-order chi connectivity index (χ0) is 24.5. The van der Waals surface area contributed by atoms with E-state index in [0.29, 0.717) is 5.92 Å². The van der Waals surface area contributed by atoms with Gasteiger partial charge in [0, 0.05) is 57.9 Å². The number of fused-ring (bicyclic) bond motifs is 1. The second-order valence-corrected chi connectivity index (χ2v) is 10.7. The molecule has 6 rings (SSSR count). The van der Waals surface area contributed by atoms with Gasteiger partial charge in [-0.1, -0.05) is 12.1 Å². The molecule has 2 aliphatic heterocycles. The quantitative estimate of drug-likeness (QED) is 0.416. The molecule has 2 aliphatic rings. The summed E-state index contributed by atoms with van der Waals surface area (Å²) < 4.78 is 6.67. The Morgan fingerprint density at radius 2 is 1.83 bits per heavy atom. The highest BCUT2D eigenvalue weighted by molar-refractivity contribution is 7.21. The first kappa shape index (κ1) is 23.3. The molecule has 6 heterocycles. The van der Waals surface area contributed by atoms with Crippen LogP contribution in [-0.4, -0.2) is 71.3 Å². The van der Waals surface area contributed by atoms with Crippen LogP contribution in [-0.2, 0) is 4.74 Å². The molecular weight excluding hydrogens is 470 g/mol. The normalized spacial score (nSPS) is 17.6. The van der Waals surface area contributed by atoms with Gasteiger partial charge in [0.1, 0.15) is 28.2 Å². The molecule has 2 fully saturated rings. The Balaban J connectivity index is 1.29. The summed E-state index contributed by atoms with van der Waals surface area (Å²) in [6.45, 7) is 7.78. The Labute approximate surface area is 215 Å². The van der Waals surface area contributed by atoms with Crippen LogP contribution in [0.3, 0.4) is 0 Å². The third kappa shape index (κ3) is 4.78. The molecule has 0 atom stereocenters. The van der Waals surface area contributed by atoms with E-state index in [0.717, 1.165) is 96.2 Å². The maximum atomic E-state index is 5.62. The lowest BCUT2D eigenvalue weighted by Gasteiger charge is -2.36. The van der Waals surface area contributed by atoms with E-state index in [4.69, 9.17) is 14.7 Å². The molecule has 0 bridgehead atoms. The van der Waals surface area contributed by atoms with E-state index >= 15 is 0 Å². The van der Waals surface area contributed by atoms with Crippen LogP contribution in [0.5, 0.6) is 0 Å². The Kier molecular flexibility index (Phi) is 6.52. The minimum Gasteiger partial charge on any atom is -0.381 e. The summed E-state index contributed by atoms with van der Waals surface area (Å²) >= 11 is 1.62. The minimum atomic E-state index is 0.493. The average molecular weight is 502 g/mol. The SMILES string of the molecule is Cc1cccnc1-c1nc2cc(Nc3ccc(C4CCOCC4)c(N4CCN(C)CC4)n3)ncc2s1. The maximum absolute atomic E-state index is 5.62. The smallest absolute Gasteiger partial charge is 0.143 e. The zero-order valence-corrected chi connectivity index (χ0v) is 21.6. The van der Waals surface area contributed by atoms with Crippen LogP contribution in [0.15, 0.2) is 42.7 Å². The first-order valence-corrected chi connectivity index (χ1v) is 13.4. The molecule has 0 aliphatic carbocycles. The van der Waals surface area contributed by atoms with Crippen molar-refractivity contribution in [2.24, 2.45) is 0 Å². The van der Waals surface area contributed by atoms with Gasteiger partial charge in [0.25, 0.3) is 0 Å². The molecule has 1 N–H and O–H groups in total. The largest absolute Gasteiger partial charge is 0.381 e. The Hall–Kier alpha value is -3.14. The van der Waals surface area contributed by atoms with E-state index in [9.17, 15) is 0 Å². The van der Waals surface area contributed by atoms with Crippen molar-refractivity contribution in [3.05, 3.63) is 53.9 Å². The van der Waals surface area contributed by atoms with Crippen molar-refractivity contribution in [2.45, 2.75) is 25.7 Å². The number of aromatic nitrogens is 4. The van der Waals surface area contributed by atoms with Gasteiger partial charge in [0.05, 0.1) is 10.2 Å². The molecule has 4 aromatic rings. The van der Waals surface area contributed by atoms with Crippen molar-refractivity contribution in [1.82, 2.24) is 24.8 Å². The molecule has 2 saturated heterocycles. The third-order valence-corrected chi connectivity index (χ3v) is 8.13. The lowest BCUT2D eigenvalue weighted by molar-refractivity contribution is 0.0853. The predicted molar refractivity (Wildman–Crippen MR) is 145 cm³/mol. The summed E-state index contributed by atoms with van der Waals surface area (Å²) in [4.78, 5) is 24.0. The number of hydrogen-bond acceptors (Lipinski definition) is 9. The number of aryl methyl sites for hydroxylation is 1. The number of nitrogens with zero attached hydrogens (tertiary/aromatic N) is 6. The van der Waals surface area contributed by atoms with E-state index in [-0.39, 0.29) is 0 Å². The summed E-state index contributed by atoms with van der Waals surface area (Å²) in [7, 11) is 2.18. The molecule has 0 amide bonds. The molecule has 0 radical (unpaired) electrons. The van der Waals surface area contributed by atoms with Gasteiger partial charge < -0.3 is 19.9 Å². The number of pyridine rings is 3. The second-order valence-electron chi connectivity index (χ2n) is 9.64. The maximum Gasteiger partial charge on any atom is 0.143 e. The molecule has 4 aromatic heterocycles. The van der Waals surface area contributed by atoms with Gasteiger partial charge in [0.2, 0.25) is 0 Å². The first-order chi connectivity index (χ1) is 17.6. The highest BCUT2D eigenvalue weighted by Crippen LogP contribution is 2.35. The molecule has 36 heavy (non-hydrogen) atoms. The van der Waals surface area contributed by atoms with Crippen molar-refractivity contribution in [2.75, 3.05) is 56.7 Å². The Morgan fingerprint density at radius 1 is 1.00 bits per heavy atom. The lowest BCUT2D eigenvalue weighted by atomic mass is 9.91. The van der Waals surface area contributed by atoms with Crippen molar-refractivity contribution in [1.29, 1.82) is 0 Å². The second kappa shape index (κ2) is 10.1. The van der Waals surface area contributed by atoms with Crippen molar-refractivity contribution in [3.63, 3.8) is 0 Å². The standard InChI is InChI=1S/C27H31N7OS/c1-18-4-3-9-28-25(18)27-30-21-16-24(29-17-22(21)36-27)31-23-6-5-20(19-7-14-35-15-8-19)26(32-23)34-12-10-33(2)11-13-34/h3-6,9,16-17,19H,7-8,10-15H2,1-2H3,(H,29,31,32). The highest BCUT2D eigenvalue weighted by Gasteiger charge is 2.25. The summed E-state index contributed by atoms with van der Waals surface area (Å²) in [6.07, 6.45) is 5.80. The van der Waals surface area contributed by atoms with Gasteiger partial charge in [0.15, 0.2) is 0 Å². The molecule has 8 nitrogen and oxygen atoms in total. The number of anilines is 3. The van der Waals surface area contributed by atoms with Crippen LogP contribution in [0.25, 0.3) is 20.9 Å². The van der Waals surface area contributed by atoms with Crippen LogP contribution in [0.1, 0.15) is 29.9 Å². The van der Waals surface area contributed by atoms with Crippen molar-refractivity contribution < 1.29 is 4.74 Å². The van der Waals surface area contributed by atoms with Gasteiger partial charge >= 0.3 is 0 Å². The number of hydrogen-bond donors (Lipinski definition) is 1. The summed E-state index contributed by atoms with van der Waals surface area (Å²) in [6, 6.07) is 10.3. The van der Waals surface area contributed by atoms with Crippen molar-refractivity contribution >= 4 is 39.0 Å². The van der Waals surface area contributed by atoms with Crippen LogP contribution in [0.4, 0.5) is 17.5 Å². The monoisotopic (exact) mass is 501 g/mol. The molecule has 186 valence electrons. The fraction of sp³-hybridized carbons (Fsp3) is 0.407. The lowest BCUT2D eigenvalue weighted by Crippen LogP contribution is -2.45. The average Bonchev–Trinajstić information content (AvgIpc) is 3.33. The zero-order valence-electron chi connectivity index (χ0n) is 20.8. The van der Waals surface area contributed by atoms with Gasteiger partial charge in [-0.2, -0.15) is 0 Å². The number of ether oxygens (including phenoxy) is 1. The molecule has 0 unspecified atom stereocenters. The van der Waals surface area contributed by atoms with Gasteiger partial charge in [-0.05, 0) is 56.0 Å². The van der Waals surface area contributed by atoms with Crippen LogP contribution in [0, 0.1) is 6.92 Å². The van der Waals surface area contributed by atoms with Gasteiger partial charge in [-0.3, -0.25) is 4.98 Å². The first-order valence-electron chi connectivity index (χ1n) is 12.6. The van der Waals surface area contributed by atoms with Crippen LogP contribution < -0.4 is 10.2 Å². The molecular formula is C27H31N7OS. The van der Waals surface area contributed by atoms with E-state index < -0.39 is 0 Å². The van der Waals surface area contributed by atoms with Gasteiger partial charge in [-0.15, -0.1) is 11.3 Å². The molecule has 0 aromatic carbocycles. The summed E-state index contributed by atoms with van der Waals surface area (Å²) in [5.41, 5.74) is 4.30. The molecule has 0 saturated carbocycles. The van der Waals surface area contributed by atoms with E-state index in [1.165, 1.54) is 5.56 Å². The minimum absolute atomic E-state index is 0.493. The van der Waals surface area contributed by atoms with Gasteiger partial charge in [-0.25, -0.2) is 15.0 Å². The Morgan fingerprint density at radius 3 is 2.64 bits per heavy atom. The van der Waals surface area contributed by atoms with E-state index in [2.05, 4.69) is 57.3 Å². The summed E-state index contributed by atoms with van der Waals surface area (Å²) in [5.74, 6) is 3.14. The number of rotatable bonds is 5. The third-order valence-electron chi connectivity index (χ3n) is 7.11. The van der Waals surface area contributed by atoms with Crippen LogP contribution >= 0.6 is 11.3 Å². The Bertz CT molecular complexity index is 1360. The molecule has 0 spiro atoms. The number of thiazole rings is 1. The van der Waals surface area contributed by atoms with E-state index in [1.54, 1.807) is 11.3 Å².